The summed E-state index contributed by atoms with van der Waals surface area (Å²) in [6, 6.07) is 0. The van der Waals surface area contributed by atoms with E-state index in [1.807, 2.05) is 0 Å². The second-order valence-corrected chi connectivity index (χ2v) is 8.30. The molecule has 0 bridgehead atoms. The van der Waals surface area contributed by atoms with Gasteiger partial charge in [-0.1, -0.05) is 13.8 Å². The Bertz CT molecular complexity index is 365. The minimum Gasteiger partial charge on any atom is -0.396 e. The van der Waals surface area contributed by atoms with Gasteiger partial charge in [-0.15, -0.1) is 0 Å². The molecule has 0 aliphatic carbocycles. The van der Waals surface area contributed by atoms with Crippen molar-refractivity contribution in [2.24, 2.45) is 11.3 Å². The van der Waals surface area contributed by atoms with E-state index < -0.39 is 9.84 Å². The number of hydrogen-bond donors (Lipinski definition) is 1. The third kappa shape index (κ3) is 2.00. The fraction of sp³-hybridized carbons (Fsp3) is 1.00. The summed E-state index contributed by atoms with van der Waals surface area (Å²) in [7, 11) is -2.79. The molecule has 4 nitrogen and oxygen atoms in total. The standard InChI is InChI=1S/C11H22NO3S/c1-10-7-12(8-11(10,2)9-13)3-5-16(14,15)6-4-12/h10,13H,3-9H2,1-2H3/q+1. The average molecular weight is 248 g/mol. The molecule has 5 heteroatoms. The zero-order valence-electron chi connectivity index (χ0n) is 10.1. The third-order valence-corrected chi connectivity index (χ3v) is 6.27. The summed E-state index contributed by atoms with van der Waals surface area (Å²) in [4.78, 5) is 0. The zero-order chi connectivity index (χ0) is 12.0. The Morgan fingerprint density at radius 2 is 1.94 bits per heavy atom. The minimum atomic E-state index is -2.79. The van der Waals surface area contributed by atoms with Gasteiger partial charge in [0, 0.05) is 11.3 Å². The molecule has 0 amide bonds. The van der Waals surface area contributed by atoms with E-state index in [9.17, 15) is 13.5 Å². The predicted octanol–water partition coefficient (Wildman–Crippen LogP) is -0.120. The molecule has 0 radical (unpaired) electrons. The van der Waals surface area contributed by atoms with Crippen LogP contribution < -0.4 is 0 Å². The van der Waals surface area contributed by atoms with Gasteiger partial charge in [0.25, 0.3) is 0 Å². The number of nitrogens with zero attached hydrogens (tertiary/aromatic N) is 1. The smallest absolute Gasteiger partial charge is 0.161 e. The Kier molecular flexibility index (Phi) is 2.84. The lowest BCUT2D eigenvalue weighted by molar-refractivity contribution is -0.917. The van der Waals surface area contributed by atoms with Crippen molar-refractivity contribution < 1.29 is 18.0 Å². The van der Waals surface area contributed by atoms with Crippen molar-refractivity contribution in [1.82, 2.24) is 0 Å². The number of aliphatic hydroxyl groups excluding tert-OH is 1. The van der Waals surface area contributed by atoms with Crippen molar-refractivity contribution in [3.05, 3.63) is 0 Å². The Hall–Kier alpha value is -0.130. The van der Waals surface area contributed by atoms with Crippen molar-refractivity contribution in [2.45, 2.75) is 13.8 Å². The molecule has 2 atom stereocenters. The Morgan fingerprint density at radius 1 is 1.38 bits per heavy atom. The number of hydrogen-bond acceptors (Lipinski definition) is 3. The van der Waals surface area contributed by atoms with Crippen LogP contribution in [0.4, 0.5) is 0 Å². The van der Waals surface area contributed by atoms with Crippen LogP contribution >= 0.6 is 0 Å². The largest absolute Gasteiger partial charge is 0.396 e. The van der Waals surface area contributed by atoms with Gasteiger partial charge in [0.15, 0.2) is 9.84 Å². The van der Waals surface area contributed by atoms with Gasteiger partial charge in [-0.3, -0.25) is 0 Å². The maximum absolute atomic E-state index is 11.4. The van der Waals surface area contributed by atoms with Crippen molar-refractivity contribution in [3.63, 3.8) is 0 Å². The van der Waals surface area contributed by atoms with Crippen molar-refractivity contribution >= 4 is 9.84 Å². The van der Waals surface area contributed by atoms with E-state index in [2.05, 4.69) is 13.8 Å². The van der Waals surface area contributed by atoms with Crippen LogP contribution in [0.5, 0.6) is 0 Å². The van der Waals surface area contributed by atoms with E-state index in [1.54, 1.807) is 0 Å². The molecule has 16 heavy (non-hydrogen) atoms. The molecule has 2 unspecified atom stereocenters. The molecule has 0 aromatic rings. The second kappa shape index (κ2) is 3.68. The highest BCUT2D eigenvalue weighted by atomic mass is 32.2. The van der Waals surface area contributed by atoms with Crippen LogP contribution in [0.3, 0.4) is 0 Å². The monoisotopic (exact) mass is 248 g/mol. The summed E-state index contributed by atoms with van der Waals surface area (Å²) in [6.45, 7) is 7.93. The lowest BCUT2D eigenvalue weighted by Gasteiger charge is -2.38. The topological polar surface area (TPSA) is 54.4 Å². The molecular formula is C11H22NO3S+. The predicted molar refractivity (Wildman–Crippen MR) is 62.7 cm³/mol. The van der Waals surface area contributed by atoms with Gasteiger partial charge in [-0.25, -0.2) is 8.42 Å². The van der Waals surface area contributed by atoms with E-state index in [4.69, 9.17) is 0 Å². The van der Waals surface area contributed by atoms with Gasteiger partial charge in [0.05, 0.1) is 44.3 Å². The maximum Gasteiger partial charge on any atom is 0.161 e. The average Bonchev–Trinajstić information content (AvgIpc) is 2.47. The summed E-state index contributed by atoms with van der Waals surface area (Å²) in [5, 5.41) is 9.48. The normalized spacial score (nSPS) is 41.3. The maximum atomic E-state index is 11.4. The summed E-state index contributed by atoms with van der Waals surface area (Å²) in [6.07, 6.45) is 0. The first-order valence-corrected chi connectivity index (χ1v) is 7.79. The van der Waals surface area contributed by atoms with Crippen molar-refractivity contribution in [3.8, 4) is 0 Å². The molecule has 2 aliphatic rings. The van der Waals surface area contributed by atoms with E-state index in [-0.39, 0.29) is 12.0 Å². The van der Waals surface area contributed by atoms with Crippen LogP contribution in [-0.2, 0) is 9.84 Å². The van der Waals surface area contributed by atoms with Gasteiger partial charge in [-0.2, -0.15) is 0 Å². The first kappa shape index (κ1) is 12.3. The highest BCUT2D eigenvalue weighted by Crippen LogP contribution is 2.40. The highest BCUT2D eigenvalue weighted by molar-refractivity contribution is 7.91. The van der Waals surface area contributed by atoms with Crippen LogP contribution in [0, 0.1) is 11.3 Å². The lowest BCUT2D eigenvalue weighted by atomic mass is 9.82. The summed E-state index contributed by atoms with van der Waals surface area (Å²) < 4.78 is 23.8. The van der Waals surface area contributed by atoms with Gasteiger partial charge >= 0.3 is 0 Å². The molecule has 94 valence electrons. The van der Waals surface area contributed by atoms with Crippen LogP contribution in [0.25, 0.3) is 0 Å². The summed E-state index contributed by atoms with van der Waals surface area (Å²) in [5.74, 6) is 1.11. The molecule has 2 heterocycles. The van der Waals surface area contributed by atoms with E-state index in [0.29, 0.717) is 17.4 Å². The molecule has 2 fully saturated rings. The number of aliphatic hydroxyl groups is 1. The lowest BCUT2D eigenvalue weighted by Crippen LogP contribution is -2.56. The van der Waals surface area contributed by atoms with Gasteiger partial charge < -0.3 is 9.59 Å². The number of sulfone groups is 1. The van der Waals surface area contributed by atoms with Crippen LogP contribution in [0.1, 0.15) is 13.8 Å². The summed E-state index contributed by atoms with van der Waals surface area (Å²) in [5.41, 5.74) is -0.0267. The number of rotatable bonds is 1. The molecular weight excluding hydrogens is 226 g/mol. The molecule has 2 aliphatic heterocycles. The Morgan fingerprint density at radius 3 is 2.38 bits per heavy atom. The van der Waals surface area contributed by atoms with E-state index in [1.165, 1.54) is 0 Å². The van der Waals surface area contributed by atoms with Crippen LogP contribution in [0.2, 0.25) is 0 Å². The van der Waals surface area contributed by atoms with Crippen molar-refractivity contribution in [2.75, 3.05) is 44.3 Å². The molecule has 2 saturated heterocycles. The molecule has 0 saturated carbocycles. The Balaban J connectivity index is 2.14. The van der Waals surface area contributed by atoms with Crippen LogP contribution in [-0.4, -0.2) is 62.3 Å². The number of quaternary nitrogens is 1. The van der Waals surface area contributed by atoms with Gasteiger partial charge in [0.2, 0.25) is 0 Å². The summed E-state index contributed by atoms with van der Waals surface area (Å²) >= 11 is 0. The van der Waals surface area contributed by atoms with Gasteiger partial charge in [-0.05, 0) is 0 Å². The van der Waals surface area contributed by atoms with Crippen LogP contribution in [0.15, 0.2) is 0 Å². The minimum absolute atomic E-state index is 0.0267. The molecule has 1 N–H and O–H groups in total. The zero-order valence-corrected chi connectivity index (χ0v) is 11.0. The van der Waals surface area contributed by atoms with Gasteiger partial charge in [0.1, 0.15) is 0 Å². The first-order chi connectivity index (χ1) is 7.31. The van der Waals surface area contributed by atoms with Crippen molar-refractivity contribution in [1.29, 1.82) is 0 Å². The van der Waals surface area contributed by atoms with E-state index in [0.717, 1.165) is 30.7 Å². The molecule has 2 rings (SSSR count). The van der Waals surface area contributed by atoms with E-state index >= 15 is 0 Å². The first-order valence-electron chi connectivity index (χ1n) is 5.97. The molecule has 1 spiro atoms. The highest BCUT2D eigenvalue weighted by Gasteiger charge is 2.52. The quantitative estimate of drug-likeness (QED) is 0.658. The molecule has 0 aromatic carbocycles. The third-order valence-electron chi connectivity index (χ3n) is 4.66. The fourth-order valence-electron chi connectivity index (χ4n) is 3.21. The molecule has 0 aromatic heterocycles. The second-order valence-electron chi connectivity index (χ2n) is 5.99. The Labute approximate surface area is 97.8 Å². The fourth-order valence-corrected chi connectivity index (χ4v) is 4.75. The SMILES string of the molecule is CC1C[N+]2(CCS(=O)(=O)CC2)CC1(C)CO.